The van der Waals surface area contributed by atoms with E-state index in [1.54, 1.807) is 6.92 Å². The highest BCUT2D eigenvalue weighted by atomic mass is 32.2. The molecule has 0 aromatic heterocycles. The van der Waals surface area contributed by atoms with E-state index in [1.807, 2.05) is 6.92 Å². The van der Waals surface area contributed by atoms with Gasteiger partial charge in [0.1, 0.15) is 17.2 Å². The Morgan fingerprint density at radius 1 is 1.38 bits per heavy atom. The number of aliphatic carboxylic acids is 1. The van der Waals surface area contributed by atoms with Crippen molar-refractivity contribution in [3.8, 4) is 0 Å². The zero-order valence-corrected chi connectivity index (χ0v) is 13.1. The van der Waals surface area contributed by atoms with Crippen LogP contribution < -0.4 is 5.32 Å². The minimum Gasteiger partial charge on any atom is -0.480 e. The van der Waals surface area contributed by atoms with Crippen LogP contribution in [-0.2, 0) is 4.79 Å². The maximum Gasteiger partial charge on any atom is 0.323 e. The Balaban J connectivity index is 2.37. The summed E-state index contributed by atoms with van der Waals surface area (Å²) in [6.07, 6.45) is 1.96. The molecule has 1 rings (SSSR count). The Bertz CT molecular complexity index is 485. The van der Waals surface area contributed by atoms with Gasteiger partial charge in [-0.1, -0.05) is 13.3 Å². The van der Waals surface area contributed by atoms with E-state index in [0.717, 1.165) is 18.6 Å². The molecule has 0 saturated carbocycles. The van der Waals surface area contributed by atoms with Crippen molar-refractivity contribution in [2.45, 2.75) is 43.5 Å². The number of benzene rings is 1. The molecule has 3 nitrogen and oxygen atoms in total. The number of carbonyl (C=O) groups is 1. The fraction of sp³-hybridized carbons (Fsp3) is 0.533. The molecule has 1 aromatic rings. The van der Waals surface area contributed by atoms with Gasteiger partial charge in [-0.05, 0) is 50.3 Å². The second-order valence-corrected chi connectivity index (χ2v) is 6.18. The number of halogens is 2. The van der Waals surface area contributed by atoms with Crippen molar-refractivity contribution >= 4 is 17.7 Å². The molecule has 1 aromatic carbocycles. The topological polar surface area (TPSA) is 49.3 Å². The molecule has 0 aliphatic carbocycles. The Hall–Kier alpha value is -1.14. The molecule has 0 spiro atoms. The highest BCUT2D eigenvalue weighted by Crippen LogP contribution is 2.24. The van der Waals surface area contributed by atoms with Crippen LogP contribution in [0.1, 0.15) is 33.1 Å². The fourth-order valence-corrected chi connectivity index (χ4v) is 2.98. The van der Waals surface area contributed by atoms with Gasteiger partial charge in [0, 0.05) is 4.90 Å². The molecule has 0 heterocycles. The number of hydrogen-bond acceptors (Lipinski definition) is 3. The monoisotopic (exact) mass is 317 g/mol. The Labute approximate surface area is 128 Å². The summed E-state index contributed by atoms with van der Waals surface area (Å²) in [6.45, 7) is 4.12. The van der Waals surface area contributed by atoms with Crippen LogP contribution in [0.15, 0.2) is 23.1 Å². The lowest BCUT2D eigenvalue weighted by atomic mass is 9.95. The zero-order valence-electron chi connectivity index (χ0n) is 12.3. The molecule has 0 aliphatic heterocycles. The summed E-state index contributed by atoms with van der Waals surface area (Å²) in [5.74, 6) is -1.12. The molecule has 1 unspecified atom stereocenters. The van der Waals surface area contributed by atoms with E-state index in [0.29, 0.717) is 30.0 Å². The van der Waals surface area contributed by atoms with Crippen molar-refractivity contribution in [3.63, 3.8) is 0 Å². The van der Waals surface area contributed by atoms with Gasteiger partial charge in [0.15, 0.2) is 0 Å². The smallest absolute Gasteiger partial charge is 0.323 e. The van der Waals surface area contributed by atoms with Gasteiger partial charge < -0.3 is 10.4 Å². The van der Waals surface area contributed by atoms with Crippen LogP contribution in [0.3, 0.4) is 0 Å². The first-order valence-electron chi connectivity index (χ1n) is 6.95. The quantitative estimate of drug-likeness (QED) is 0.539. The van der Waals surface area contributed by atoms with Crippen LogP contribution in [0.25, 0.3) is 0 Å². The van der Waals surface area contributed by atoms with E-state index >= 15 is 0 Å². The summed E-state index contributed by atoms with van der Waals surface area (Å²) in [5.41, 5.74) is -0.927. The number of likely N-dealkylation sites (N-methyl/N-ethyl adjacent to an activating group) is 1. The van der Waals surface area contributed by atoms with Crippen molar-refractivity contribution in [2.75, 3.05) is 12.3 Å². The highest BCUT2D eigenvalue weighted by molar-refractivity contribution is 7.99. The molecule has 0 fully saturated rings. The summed E-state index contributed by atoms with van der Waals surface area (Å²) < 4.78 is 26.4. The van der Waals surface area contributed by atoms with Crippen molar-refractivity contribution in [3.05, 3.63) is 29.8 Å². The van der Waals surface area contributed by atoms with Crippen LogP contribution in [0, 0.1) is 11.6 Å². The Morgan fingerprint density at radius 2 is 2.10 bits per heavy atom. The number of unbranched alkanes of at least 4 members (excludes halogenated alkanes) is 1. The maximum atomic E-state index is 13.4. The van der Waals surface area contributed by atoms with Crippen molar-refractivity contribution in [2.24, 2.45) is 0 Å². The average Bonchev–Trinajstić information content (AvgIpc) is 2.42. The molecule has 0 amide bonds. The first-order valence-corrected chi connectivity index (χ1v) is 7.94. The molecule has 21 heavy (non-hydrogen) atoms. The second kappa shape index (κ2) is 8.34. The standard InChI is InChI=1S/C15H21F2NO2S/c1-3-18-15(2,14(19)20)8-4-5-9-21-13-10-11(16)6-7-12(13)17/h6-7,10,18H,3-5,8-9H2,1-2H3,(H,19,20). The minimum atomic E-state index is -0.927. The van der Waals surface area contributed by atoms with E-state index < -0.39 is 23.1 Å². The summed E-state index contributed by atoms with van der Waals surface area (Å²) in [7, 11) is 0. The number of thioether (sulfide) groups is 1. The van der Waals surface area contributed by atoms with E-state index in [-0.39, 0.29) is 0 Å². The number of nitrogens with one attached hydrogen (secondary N) is 1. The van der Waals surface area contributed by atoms with Gasteiger partial charge in [0.25, 0.3) is 0 Å². The number of hydrogen-bond donors (Lipinski definition) is 2. The molecular formula is C15H21F2NO2S. The summed E-state index contributed by atoms with van der Waals surface area (Å²) in [6, 6.07) is 3.39. The van der Waals surface area contributed by atoms with E-state index in [9.17, 15) is 18.7 Å². The maximum absolute atomic E-state index is 13.4. The van der Waals surface area contributed by atoms with Gasteiger partial charge in [-0.3, -0.25) is 4.79 Å². The van der Waals surface area contributed by atoms with Crippen molar-refractivity contribution in [1.29, 1.82) is 0 Å². The largest absolute Gasteiger partial charge is 0.480 e. The first-order chi connectivity index (χ1) is 9.89. The number of carboxylic acids is 1. The van der Waals surface area contributed by atoms with Crippen LogP contribution in [0.2, 0.25) is 0 Å². The Kier molecular flexibility index (Phi) is 7.11. The fourth-order valence-electron chi connectivity index (χ4n) is 2.01. The van der Waals surface area contributed by atoms with Crippen LogP contribution in [0.4, 0.5) is 8.78 Å². The normalized spacial score (nSPS) is 13.9. The minimum absolute atomic E-state index is 0.294. The van der Waals surface area contributed by atoms with Gasteiger partial charge in [-0.15, -0.1) is 11.8 Å². The summed E-state index contributed by atoms with van der Waals surface area (Å²) >= 11 is 1.25. The highest BCUT2D eigenvalue weighted by Gasteiger charge is 2.30. The molecule has 0 aliphatic rings. The van der Waals surface area contributed by atoms with Gasteiger partial charge >= 0.3 is 5.97 Å². The molecule has 1 atom stereocenters. The molecule has 2 N–H and O–H groups in total. The third-order valence-electron chi connectivity index (χ3n) is 3.26. The van der Waals surface area contributed by atoms with Gasteiger partial charge in [0.2, 0.25) is 0 Å². The van der Waals surface area contributed by atoms with E-state index in [2.05, 4.69) is 5.32 Å². The lowest BCUT2D eigenvalue weighted by Gasteiger charge is -2.25. The molecule has 0 bridgehead atoms. The van der Waals surface area contributed by atoms with Gasteiger partial charge in [0.05, 0.1) is 0 Å². The summed E-state index contributed by atoms with van der Waals surface area (Å²) in [5, 5.41) is 12.2. The Morgan fingerprint density at radius 3 is 2.71 bits per heavy atom. The van der Waals surface area contributed by atoms with Crippen LogP contribution in [-0.4, -0.2) is 28.9 Å². The first kappa shape index (κ1) is 17.9. The van der Waals surface area contributed by atoms with Crippen molar-refractivity contribution in [1.82, 2.24) is 5.32 Å². The van der Waals surface area contributed by atoms with Crippen LogP contribution >= 0.6 is 11.8 Å². The lowest BCUT2D eigenvalue weighted by Crippen LogP contribution is -2.49. The number of carboxylic acid groups (broad SMARTS) is 1. The predicted octanol–water partition coefficient (Wildman–Crippen LogP) is 3.68. The van der Waals surface area contributed by atoms with E-state index in [1.165, 1.54) is 17.8 Å². The SMILES string of the molecule is CCNC(C)(CCCCSc1cc(F)ccc1F)C(=O)O. The molecule has 118 valence electrons. The van der Waals surface area contributed by atoms with Gasteiger partial charge in [-0.25, -0.2) is 8.78 Å². The van der Waals surface area contributed by atoms with Crippen LogP contribution in [0.5, 0.6) is 0 Å². The van der Waals surface area contributed by atoms with Crippen molar-refractivity contribution < 1.29 is 18.7 Å². The molecule has 6 heteroatoms. The molecule has 0 radical (unpaired) electrons. The summed E-state index contributed by atoms with van der Waals surface area (Å²) in [4.78, 5) is 11.5. The molecular weight excluding hydrogens is 296 g/mol. The number of rotatable bonds is 9. The average molecular weight is 317 g/mol. The zero-order chi connectivity index (χ0) is 15.9. The third-order valence-corrected chi connectivity index (χ3v) is 4.38. The third kappa shape index (κ3) is 5.63. The van der Waals surface area contributed by atoms with E-state index in [4.69, 9.17) is 0 Å². The lowest BCUT2D eigenvalue weighted by molar-refractivity contribution is -0.144. The van der Waals surface area contributed by atoms with Gasteiger partial charge in [-0.2, -0.15) is 0 Å². The molecule has 0 saturated heterocycles. The predicted molar refractivity (Wildman–Crippen MR) is 80.7 cm³/mol. The second-order valence-electron chi connectivity index (χ2n) is 5.05.